The molecule has 2 N–H and O–H groups in total. The summed E-state index contributed by atoms with van der Waals surface area (Å²) in [5.74, 6) is -0.101. The molecule has 2 aromatic carbocycles. The van der Waals surface area contributed by atoms with E-state index in [-0.39, 0.29) is 17.6 Å². The van der Waals surface area contributed by atoms with Gasteiger partial charge in [0.25, 0.3) is 0 Å². The molecule has 0 spiro atoms. The SMILES string of the molecule is CCS(=O)(=O)N1CCC(C(=O)Nc2ccc(Nc3ccccc3)cc2)CC1. The third-order valence-corrected chi connectivity index (χ3v) is 6.68. The van der Waals surface area contributed by atoms with Crippen molar-refractivity contribution < 1.29 is 13.2 Å². The molecule has 1 fully saturated rings. The van der Waals surface area contributed by atoms with Crippen molar-refractivity contribution >= 4 is 33.0 Å². The summed E-state index contributed by atoms with van der Waals surface area (Å²) in [6.45, 7) is 2.47. The maximum absolute atomic E-state index is 12.5. The van der Waals surface area contributed by atoms with Crippen molar-refractivity contribution in [2.45, 2.75) is 19.8 Å². The molecule has 2 aromatic rings. The van der Waals surface area contributed by atoms with E-state index in [4.69, 9.17) is 0 Å². The number of hydrogen-bond donors (Lipinski definition) is 2. The fraction of sp³-hybridized carbons (Fsp3) is 0.350. The van der Waals surface area contributed by atoms with Gasteiger partial charge in [0, 0.05) is 36.1 Å². The average molecular weight is 388 g/mol. The van der Waals surface area contributed by atoms with E-state index >= 15 is 0 Å². The molecule has 144 valence electrons. The number of carbonyl (C=O) groups excluding carboxylic acids is 1. The molecule has 1 aliphatic heterocycles. The number of amides is 1. The Kier molecular flexibility index (Phi) is 6.13. The van der Waals surface area contributed by atoms with Crippen molar-refractivity contribution in [1.82, 2.24) is 4.31 Å². The number of para-hydroxylation sites is 1. The number of hydrogen-bond acceptors (Lipinski definition) is 4. The number of anilines is 3. The number of nitrogens with one attached hydrogen (secondary N) is 2. The van der Waals surface area contributed by atoms with Crippen LogP contribution in [0.2, 0.25) is 0 Å². The number of benzene rings is 2. The zero-order chi connectivity index (χ0) is 19.3. The summed E-state index contributed by atoms with van der Waals surface area (Å²) >= 11 is 0. The maximum Gasteiger partial charge on any atom is 0.227 e. The van der Waals surface area contributed by atoms with Gasteiger partial charge in [0.15, 0.2) is 0 Å². The van der Waals surface area contributed by atoms with Crippen molar-refractivity contribution in [3.63, 3.8) is 0 Å². The molecule has 1 amide bonds. The highest BCUT2D eigenvalue weighted by Gasteiger charge is 2.30. The summed E-state index contributed by atoms with van der Waals surface area (Å²) in [6.07, 6.45) is 1.11. The van der Waals surface area contributed by atoms with Gasteiger partial charge in [-0.15, -0.1) is 0 Å². The standard InChI is InChI=1S/C20H25N3O3S/c1-2-27(25,26)23-14-12-16(13-15-23)20(24)22-19-10-8-18(9-11-19)21-17-6-4-3-5-7-17/h3-11,16,21H,2,12-15H2,1H3,(H,22,24). The maximum atomic E-state index is 12.5. The van der Waals surface area contributed by atoms with Crippen LogP contribution in [-0.2, 0) is 14.8 Å². The van der Waals surface area contributed by atoms with E-state index in [0.717, 1.165) is 17.1 Å². The topological polar surface area (TPSA) is 78.5 Å². The predicted octanol–water partition coefficient (Wildman–Crippen LogP) is 3.43. The lowest BCUT2D eigenvalue weighted by molar-refractivity contribution is -0.120. The van der Waals surface area contributed by atoms with E-state index in [0.29, 0.717) is 25.9 Å². The second-order valence-corrected chi connectivity index (χ2v) is 8.89. The average Bonchev–Trinajstić information content (AvgIpc) is 2.70. The minimum atomic E-state index is -3.17. The van der Waals surface area contributed by atoms with Crippen molar-refractivity contribution in [3.8, 4) is 0 Å². The van der Waals surface area contributed by atoms with Crippen LogP contribution in [0.4, 0.5) is 17.1 Å². The lowest BCUT2D eigenvalue weighted by Gasteiger charge is -2.30. The molecule has 0 bridgehead atoms. The zero-order valence-electron chi connectivity index (χ0n) is 15.4. The third-order valence-electron chi connectivity index (χ3n) is 4.80. The van der Waals surface area contributed by atoms with Gasteiger partial charge in [0.2, 0.25) is 15.9 Å². The largest absolute Gasteiger partial charge is 0.356 e. The molecule has 1 aliphatic rings. The van der Waals surface area contributed by atoms with Crippen molar-refractivity contribution in [3.05, 3.63) is 54.6 Å². The minimum absolute atomic E-state index is 0.0488. The van der Waals surface area contributed by atoms with Gasteiger partial charge in [-0.1, -0.05) is 18.2 Å². The number of nitrogens with zero attached hydrogens (tertiary/aromatic N) is 1. The van der Waals surface area contributed by atoms with Crippen LogP contribution in [0.5, 0.6) is 0 Å². The second kappa shape index (κ2) is 8.54. The van der Waals surface area contributed by atoms with Crippen LogP contribution in [0.3, 0.4) is 0 Å². The summed E-state index contributed by atoms with van der Waals surface area (Å²) in [7, 11) is -3.17. The molecule has 1 heterocycles. The Morgan fingerprint density at radius 3 is 2.11 bits per heavy atom. The zero-order valence-corrected chi connectivity index (χ0v) is 16.2. The lowest BCUT2D eigenvalue weighted by atomic mass is 9.97. The lowest BCUT2D eigenvalue weighted by Crippen LogP contribution is -2.42. The molecule has 3 rings (SSSR count). The Bertz CT molecular complexity index is 859. The van der Waals surface area contributed by atoms with Crippen molar-refractivity contribution in [2.75, 3.05) is 29.5 Å². The first kappa shape index (κ1) is 19.4. The smallest absolute Gasteiger partial charge is 0.227 e. The molecule has 27 heavy (non-hydrogen) atoms. The van der Waals surface area contributed by atoms with Crippen LogP contribution >= 0.6 is 0 Å². The Morgan fingerprint density at radius 1 is 0.963 bits per heavy atom. The van der Waals surface area contributed by atoms with E-state index in [2.05, 4.69) is 10.6 Å². The fourth-order valence-electron chi connectivity index (χ4n) is 3.15. The first-order valence-electron chi connectivity index (χ1n) is 9.19. The highest BCUT2D eigenvalue weighted by atomic mass is 32.2. The Labute approximate surface area is 160 Å². The highest BCUT2D eigenvalue weighted by Crippen LogP contribution is 2.23. The molecule has 1 saturated heterocycles. The van der Waals surface area contributed by atoms with Gasteiger partial charge in [-0.05, 0) is 56.2 Å². The molecule has 0 radical (unpaired) electrons. The summed E-state index contributed by atoms with van der Waals surface area (Å²) in [5, 5.41) is 6.23. The van der Waals surface area contributed by atoms with Gasteiger partial charge in [0.1, 0.15) is 0 Å². The molecule has 7 heteroatoms. The van der Waals surface area contributed by atoms with E-state index in [1.54, 1.807) is 6.92 Å². The summed E-state index contributed by atoms with van der Waals surface area (Å²) < 4.78 is 25.3. The number of carbonyl (C=O) groups is 1. The first-order chi connectivity index (χ1) is 13.0. The van der Waals surface area contributed by atoms with Gasteiger partial charge >= 0.3 is 0 Å². The Morgan fingerprint density at radius 2 is 1.52 bits per heavy atom. The third kappa shape index (κ3) is 5.08. The van der Waals surface area contributed by atoms with Crippen molar-refractivity contribution in [1.29, 1.82) is 0 Å². The molecule has 6 nitrogen and oxygen atoms in total. The van der Waals surface area contributed by atoms with Crippen LogP contribution in [-0.4, -0.2) is 37.5 Å². The van der Waals surface area contributed by atoms with E-state index in [1.165, 1.54) is 4.31 Å². The summed E-state index contributed by atoms with van der Waals surface area (Å²) in [4.78, 5) is 12.5. The molecular formula is C20H25N3O3S. The molecule has 0 aliphatic carbocycles. The fourth-order valence-corrected chi connectivity index (χ4v) is 4.28. The number of piperidine rings is 1. The predicted molar refractivity (Wildman–Crippen MR) is 109 cm³/mol. The monoisotopic (exact) mass is 387 g/mol. The Hall–Kier alpha value is -2.38. The van der Waals surface area contributed by atoms with Crippen LogP contribution in [0, 0.1) is 5.92 Å². The molecule has 0 aromatic heterocycles. The van der Waals surface area contributed by atoms with Crippen LogP contribution in [0.1, 0.15) is 19.8 Å². The summed E-state index contributed by atoms with van der Waals surface area (Å²) in [5.41, 5.74) is 2.68. The Balaban J connectivity index is 1.53. The van der Waals surface area contributed by atoms with Gasteiger partial charge in [0.05, 0.1) is 5.75 Å². The molecule has 0 saturated carbocycles. The minimum Gasteiger partial charge on any atom is -0.356 e. The van der Waals surface area contributed by atoms with Crippen molar-refractivity contribution in [2.24, 2.45) is 5.92 Å². The van der Waals surface area contributed by atoms with Gasteiger partial charge in [-0.3, -0.25) is 4.79 Å². The first-order valence-corrected chi connectivity index (χ1v) is 10.8. The quantitative estimate of drug-likeness (QED) is 0.796. The van der Waals surface area contributed by atoms with Crippen LogP contribution in [0.25, 0.3) is 0 Å². The van der Waals surface area contributed by atoms with E-state index < -0.39 is 10.0 Å². The normalized spacial score (nSPS) is 16.0. The van der Waals surface area contributed by atoms with Gasteiger partial charge in [-0.25, -0.2) is 12.7 Å². The molecule has 0 atom stereocenters. The molecular weight excluding hydrogens is 362 g/mol. The van der Waals surface area contributed by atoms with Crippen LogP contribution in [0.15, 0.2) is 54.6 Å². The number of rotatable bonds is 6. The van der Waals surface area contributed by atoms with Gasteiger partial charge < -0.3 is 10.6 Å². The highest BCUT2D eigenvalue weighted by molar-refractivity contribution is 7.89. The molecule has 0 unspecified atom stereocenters. The number of sulfonamides is 1. The second-order valence-electron chi connectivity index (χ2n) is 6.63. The van der Waals surface area contributed by atoms with Gasteiger partial charge in [-0.2, -0.15) is 0 Å². The van der Waals surface area contributed by atoms with E-state index in [9.17, 15) is 13.2 Å². The van der Waals surface area contributed by atoms with E-state index in [1.807, 2.05) is 54.6 Å². The van der Waals surface area contributed by atoms with Crippen LogP contribution < -0.4 is 10.6 Å². The summed E-state index contributed by atoms with van der Waals surface area (Å²) in [6, 6.07) is 17.4.